The van der Waals surface area contributed by atoms with E-state index in [0.717, 1.165) is 53.0 Å². The Balaban J connectivity index is 1.60. The van der Waals surface area contributed by atoms with Gasteiger partial charge < -0.3 is 9.47 Å². The number of aromatic nitrogens is 5. The zero-order valence-electron chi connectivity index (χ0n) is 15.7. The van der Waals surface area contributed by atoms with Gasteiger partial charge in [0.25, 0.3) is 5.91 Å². The third-order valence-corrected chi connectivity index (χ3v) is 5.85. The van der Waals surface area contributed by atoms with Gasteiger partial charge in [0.05, 0.1) is 11.2 Å². The second kappa shape index (κ2) is 7.19. The highest BCUT2D eigenvalue weighted by molar-refractivity contribution is 7.11. The summed E-state index contributed by atoms with van der Waals surface area (Å²) in [6.07, 6.45) is 5.61. The van der Waals surface area contributed by atoms with Gasteiger partial charge in [-0.15, -0.1) is 11.3 Å². The molecule has 0 N–H and O–H groups in total. The summed E-state index contributed by atoms with van der Waals surface area (Å²) in [5, 5.41) is 0. The highest BCUT2D eigenvalue weighted by Gasteiger charge is 2.29. The van der Waals surface area contributed by atoms with Gasteiger partial charge in [-0.05, 0) is 32.8 Å². The lowest BCUT2D eigenvalue weighted by Gasteiger charge is -2.32. The predicted molar refractivity (Wildman–Crippen MR) is 104 cm³/mol. The quantitative estimate of drug-likeness (QED) is 0.696. The molecule has 1 aliphatic heterocycles. The summed E-state index contributed by atoms with van der Waals surface area (Å²) in [6, 6.07) is 1.96. The average molecular weight is 382 g/mol. The Morgan fingerprint density at radius 2 is 2.11 bits per heavy atom. The van der Waals surface area contributed by atoms with Crippen LogP contribution in [-0.4, -0.2) is 48.4 Å². The third-order valence-electron chi connectivity index (χ3n) is 4.94. The number of likely N-dealkylation sites (tertiary alicyclic amines) is 1. The Labute approximate surface area is 162 Å². The van der Waals surface area contributed by atoms with Crippen LogP contribution in [-0.2, 0) is 7.05 Å². The summed E-state index contributed by atoms with van der Waals surface area (Å²) in [4.78, 5) is 33.6. The summed E-state index contributed by atoms with van der Waals surface area (Å²) >= 11 is 1.41. The van der Waals surface area contributed by atoms with Crippen molar-refractivity contribution < 1.29 is 4.79 Å². The van der Waals surface area contributed by atoms with E-state index in [1.807, 2.05) is 42.6 Å². The molecule has 0 radical (unpaired) electrons. The van der Waals surface area contributed by atoms with Crippen LogP contribution in [0.3, 0.4) is 0 Å². The predicted octanol–water partition coefficient (Wildman–Crippen LogP) is 2.97. The van der Waals surface area contributed by atoms with E-state index in [-0.39, 0.29) is 11.8 Å². The van der Waals surface area contributed by atoms with Crippen molar-refractivity contribution in [2.24, 2.45) is 7.05 Å². The van der Waals surface area contributed by atoms with Crippen molar-refractivity contribution in [1.82, 2.24) is 29.4 Å². The standard InChI is InChI=1S/C19H22N6OS/c1-12-9-15(18-20-6-8-24(18)3)23-17(22-12)14-5-4-7-25(10-14)19(26)16-13(2)21-11-27-16/h6,8-9,11,14H,4-5,7,10H2,1-3H3/t14-/m1/s1. The van der Waals surface area contributed by atoms with E-state index < -0.39 is 0 Å². The number of amides is 1. The van der Waals surface area contributed by atoms with Crippen molar-refractivity contribution in [3.63, 3.8) is 0 Å². The summed E-state index contributed by atoms with van der Waals surface area (Å²) < 4.78 is 1.95. The largest absolute Gasteiger partial charge is 0.337 e. The second-order valence-electron chi connectivity index (χ2n) is 6.97. The molecule has 140 valence electrons. The molecular formula is C19H22N6OS. The molecule has 1 amide bonds. The van der Waals surface area contributed by atoms with Crippen LogP contribution in [0.15, 0.2) is 24.0 Å². The van der Waals surface area contributed by atoms with Crippen LogP contribution in [0.5, 0.6) is 0 Å². The van der Waals surface area contributed by atoms with Gasteiger partial charge in [-0.2, -0.15) is 0 Å². The Kier molecular flexibility index (Phi) is 4.73. The molecule has 27 heavy (non-hydrogen) atoms. The van der Waals surface area contributed by atoms with Gasteiger partial charge in [0.15, 0.2) is 5.82 Å². The number of carbonyl (C=O) groups is 1. The lowest BCUT2D eigenvalue weighted by atomic mass is 9.96. The van der Waals surface area contributed by atoms with E-state index in [0.29, 0.717) is 6.54 Å². The zero-order chi connectivity index (χ0) is 19.0. The first-order valence-corrected chi connectivity index (χ1v) is 9.93. The number of thiazole rings is 1. The number of imidazole rings is 1. The monoisotopic (exact) mass is 382 g/mol. The van der Waals surface area contributed by atoms with Crippen LogP contribution in [0.25, 0.3) is 11.5 Å². The zero-order valence-corrected chi connectivity index (χ0v) is 16.5. The van der Waals surface area contributed by atoms with Crippen LogP contribution in [0.1, 0.15) is 45.6 Å². The van der Waals surface area contributed by atoms with E-state index >= 15 is 0 Å². The Bertz CT molecular complexity index is 978. The fourth-order valence-corrected chi connectivity index (χ4v) is 4.29. The van der Waals surface area contributed by atoms with E-state index in [1.54, 1.807) is 11.7 Å². The van der Waals surface area contributed by atoms with Gasteiger partial charge >= 0.3 is 0 Å². The molecule has 0 saturated carbocycles. The maximum absolute atomic E-state index is 12.9. The maximum Gasteiger partial charge on any atom is 0.265 e. The van der Waals surface area contributed by atoms with Crippen LogP contribution in [0, 0.1) is 13.8 Å². The number of hydrogen-bond donors (Lipinski definition) is 0. The van der Waals surface area contributed by atoms with Crippen LogP contribution < -0.4 is 0 Å². The van der Waals surface area contributed by atoms with Crippen LogP contribution in [0.2, 0.25) is 0 Å². The van der Waals surface area contributed by atoms with Crippen molar-refractivity contribution in [2.75, 3.05) is 13.1 Å². The van der Waals surface area contributed by atoms with Crippen molar-refractivity contribution in [3.8, 4) is 11.5 Å². The minimum absolute atomic E-state index is 0.0664. The molecule has 0 aromatic carbocycles. The highest BCUT2D eigenvalue weighted by Crippen LogP contribution is 2.28. The van der Waals surface area contributed by atoms with E-state index in [1.165, 1.54) is 11.3 Å². The van der Waals surface area contributed by atoms with E-state index in [4.69, 9.17) is 4.98 Å². The molecule has 1 atom stereocenters. The molecular weight excluding hydrogens is 360 g/mol. The number of carbonyl (C=O) groups excluding carboxylic acids is 1. The average Bonchev–Trinajstić information content (AvgIpc) is 3.29. The first-order chi connectivity index (χ1) is 13.0. The van der Waals surface area contributed by atoms with Gasteiger partial charge in [-0.3, -0.25) is 4.79 Å². The minimum Gasteiger partial charge on any atom is -0.337 e. The van der Waals surface area contributed by atoms with Gasteiger partial charge in [0.2, 0.25) is 0 Å². The van der Waals surface area contributed by atoms with Gasteiger partial charge in [0.1, 0.15) is 16.4 Å². The molecule has 1 saturated heterocycles. The molecule has 4 rings (SSSR count). The fraction of sp³-hybridized carbons (Fsp3) is 0.421. The van der Waals surface area contributed by atoms with Crippen LogP contribution in [0.4, 0.5) is 0 Å². The Hall–Kier alpha value is -2.61. The lowest BCUT2D eigenvalue weighted by molar-refractivity contribution is 0.0708. The molecule has 1 fully saturated rings. The normalized spacial score (nSPS) is 17.3. The van der Waals surface area contributed by atoms with Gasteiger partial charge in [-0.1, -0.05) is 0 Å². The number of rotatable bonds is 3. The van der Waals surface area contributed by atoms with E-state index in [2.05, 4.69) is 15.0 Å². The maximum atomic E-state index is 12.9. The van der Waals surface area contributed by atoms with Crippen molar-refractivity contribution in [3.05, 3.63) is 46.1 Å². The highest BCUT2D eigenvalue weighted by atomic mass is 32.1. The fourth-order valence-electron chi connectivity index (χ4n) is 3.52. The number of nitrogens with zero attached hydrogens (tertiary/aromatic N) is 6. The summed E-state index contributed by atoms with van der Waals surface area (Å²) in [5.41, 5.74) is 4.27. The molecule has 1 aliphatic rings. The van der Waals surface area contributed by atoms with Crippen molar-refractivity contribution in [1.29, 1.82) is 0 Å². The molecule has 3 aromatic heterocycles. The lowest BCUT2D eigenvalue weighted by Crippen LogP contribution is -2.39. The summed E-state index contributed by atoms with van der Waals surface area (Å²) in [7, 11) is 1.96. The molecule has 0 unspecified atom stereocenters. The van der Waals surface area contributed by atoms with Gasteiger partial charge in [0, 0.05) is 44.1 Å². The molecule has 0 spiro atoms. The first-order valence-electron chi connectivity index (χ1n) is 9.05. The topological polar surface area (TPSA) is 76.8 Å². The summed E-state index contributed by atoms with van der Waals surface area (Å²) in [6.45, 7) is 5.27. The number of hydrogen-bond acceptors (Lipinski definition) is 6. The minimum atomic E-state index is 0.0664. The number of piperidine rings is 1. The second-order valence-corrected chi connectivity index (χ2v) is 7.83. The third kappa shape index (κ3) is 3.49. The first kappa shape index (κ1) is 17.8. The van der Waals surface area contributed by atoms with Gasteiger partial charge in [-0.25, -0.2) is 19.9 Å². The molecule has 8 heteroatoms. The molecule has 7 nitrogen and oxygen atoms in total. The molecule has 4 heterocycles. The number of aryl methyl sites for hydroxylation is 3. The Morgan fingerprint density at radius 1 is 1.26 bits per heavy atom. The molecule has 0 bridgehead atoms. The summed E-state index contributed by atoms with van der Waals surface area (Å²) in [5.74, 6) is 1.82. The van der Waals surface area contributed by atoms with Crippen LogP contribution >= 0.6 is 11.3 Å². The van der Waals surface area contributed by atoms with Crippen molar-refractivity contribution >= 4 is 17.2 Å². The Morgan fingerprint density at radius 3 is 2.81 bits per heavy atom. The van der Waals surface area contributed by atoms with Crippen molar-refractivity contribution in [2.45, 2.75) is 32.6 Å². The smallest absolute Gasteiger partial charge is 0.265 e. The van der Waals surface area contributed by atoms with E-state index in [9.17, 15) is 4.79 Å². The molecule has 0 aliphatic carbocycles. The molecule has 3 aromatic rings. The SMILES string of the molecule is Cc1cc(-c2nccn2C)nc([C@@H]2CCCN(C(=O)c3scnc3C)C2)n1.